The number of halogens is 1. The second kappa shape index (κ2) is 9.95. The van der Waals surface area contributed by atoms with E-state index in [0.717, 1.165) is 22.2 Å². The smallest absolute Gasteiger partial charge is 0.382 e. The van der Waals surface area contributed by atoms with Gasteiger partial charge in [0.15, 0.2) is 5.82 Å². The average molecular weight is 542 g/mol. The number of hydrogen-bond donors (Lipinski definition) is 2. The predicted octanol–water partition coefficient (Wildman–Crippen LogP) is 5.14. The third-order valence-corrected chi connectivity index (χ3v) is 7.53. The second-order valence-electron chi connectivity index (χ2n) is 9.60. The molecule has 196 valence electrons. The number of nitrogens with zero attached hydrogens (tertiary/aromatic N) is 5. The molecule has 2 aromatic carbocycles. The molecule has 11 heteroatoms. The number of primary amides is 1. The van der Waals surface area contributed by atoms with E-state index in [1.165, 1.54) is 6.33 Å². The summed E-state index contributed by atoms with van der Waals surface area (Å²) < 4.78 is 6.29. The molecule has 10 nitrogen and oxygen atoms in total. The van der Waals surface area contributed by atoms with Gasteiger partial charge in [-0.1, -0.05) is 48.0 Å². The number of nitrogens with two attached hydrogens (primary N) is 2. The number of carbonyl (C=O) groups excluding carboxylic acids is 2. The minimum atomic E-state index is -1.09. The lowest BCUT2D eigenvalue weighted by Gasteiger charge is -2.25. The molecule has 1 saturated carbocycles. The maximum absolute atomic E-state index is 12.2. The monoisotopic (exact) mass is 541 g/mol. The van der Waals surface area contributed by atoms with Crippen LogP contribution in [0, 0.1) is 5.92 Å². The molecule has 3 aromatic heterocycles. The Labute approximate surface area is 228 Å². The van der Waals surface area contributed by atoms with Crippen molar-refractivity contribution in [3.05, 3.63) is 71.8 Å². The molecule has 0 aliphatic heterocycles. The number of fused-ring (bicyclic) bond motifs is 2. The Morgan fingerprint density at radius 2 is 1.77 bits per heavy atom. The van der Waals surface area contributed by atoms with E-state index >= 15 is 0 Å². The first-order valence-corrected chi connectivity index (χ1v) is 12.9. The van der Waals surface area contributed by atoms with Gasteiger partial charge < -0.3 is 16.2 Å². The van der Waals surface area contributed by atoms with Crippen LogP contribution in [0.2, 0.25) is 5.02 Å². The number of anilines is 1. The van der Waals surface area contributed by atoms with Gasteiger partial charge in [-0.3, -0.25) is 4.79 Å². The van der Waals surface area contributed by atoms with Crippen molar-refractivity contribution < 1.29 is 14.3 Å². The van der Waals surface area contributed by atoms with Gasteiger partial charge in [-0.2, -0.15) is 5.10 Å². The number of nitrogen functional groups attached to an aromatic ring is 1. The Kier molecular flexibility index (Phi) is 6.32. The third kappa shape index (κ3) is 4.63. The number of aromatic nitrogens is 5. The van der Waals surface area contributed by atoms with Crippen LogP contribution in [0.4, 0.5) is 10.6 Å². The van der Waals surface area contributed by atoms with E-state index in [0.29, 0.717) is 53.3 Å². The molecule has 0 atom stereocenters. The van der Waals surface area contributed by atoms with Gasteiger partial charge in [0.05, 0.1) is 22.2 Å². The van der Waals surface area contributed by atoms with Gasteiger partial charge >= 0.3 is 12.1 Å². The van der Waals surface area contributed by atoms with E-state index in [4.69, 9.17) is 33.0 Å². The summed E-state index contributed by atoms with van der Waals surface area (Å²) in [5.74, 6) is 0.00304. The van der Waals surface area contributed by atoms with E-state index in [-0.39, 0.29) is 17.7 Å². The van der Waals surface area contributed by atoms with E-state index in [2.05, 4.69) is 14.8 Å². The normalized spacial score (nSPS) is 17.4. The topological polar surface area (TPSA) is 151 Å². The molecule has 1 aliphatic rings. The van der Waals surface area contributed by atoms with Crippen molar-refractivity contribution in [2.45, 2.75) is 31.6 Å². The van der Waals surface area contributed by atoms with Gasteiger partial charge in [-0.25, -0.2) is 24.3 Å². The molecule has 0 spiro atoms. The summed E-state index contributed by atoms with van der Waals surface area (Å²) in [6, 6.07) is 17.7. The third-order valence-electron chi connectivity index (χ3n) is 7.22. The first-order chi connectivity index (χ1) is 18.9. The van der Waals surface area contributed by atoms with Gasteiger partial charge in [0.2, 0.25) is 0 Å². The maximum atomic E-state index is 12.2. The number of esters is 1. The van der Waals surface area contributed by atoms with Crippen LogP contribution in [0.1, 0.15) is 37.4 Å². The molecular formula is C28H24ClN7O3. The summed E-state index contributed by atoms with van der Waals surface area (Å²) >= 11 is 6.79. The quantitative estimate of drug-likeness (QED) is 0.234. The zero-order valence-corrected chi connectivity index (χ0v) is 21.5. The van der Waals surface area contributed by atoms with Crippen LogP contribution in [0.25, 0.3) is 38.9 Å². The Hall–Kier alpha value is -4.57. The van der Waals surface area contributed by atoms with E-state index in [1.54, 1.807) is 4.52 Å². The molecule has 0 saturated heterocycles. The Morgan fingerprint density at radius 1 is 1.00 bits per heavy atom. The van der Waals surface area contributed by atoms with Crippen molar-refractivity contribution in [2.75, 3.05) is 5.73 Å². The van der Waals surface area contributed by atoms with Gasteiger partial charge in [0, 0.05) is 22.4 Å². The van der Waals surface area contributed by atoms with Crippen molar-refractivity contribution in [1.29, 1.82) is 0 Å². The van der Waals surface area contributed by atoms with Crippen LogP contribution in [0.5, 0.6) is 0 Å². The van der Waals surface area contributed by atoms with E-state index in [1.807, 2.05) is 54.6 Å². The molecule has 39 heavy (non-hydrogen) atoms. The van der Waals surface area contributed by atoms with Gasteiger partial charge in [-0.05, 0) is 43.9 Å². The second-order valence-corrected chi connectivity index (χ2v) is 10.0. The lowest BCUT2D eigenvalue weighted by Crippen LogP contribution is -2.28. The van der Waals surface area contributed by atoms with Crippen molar-refractivity contribution in [3.8, 4) is 22.5 Å². The Morgan fingerprint density at radius 3 is 2.51 bits per heavy atom. The number of imidazole rings is 1. The molecule has 0 bridgehead atoms. The zero-order chi connectivity index (χ0) is 27.1. The Bertz CT molecular complexity index is 1730. The lowest BCUT2D eigenvalue weighted by molar-refractivity contribution is -0.142. The summed E-state index contributed by atoms with van der Waals surface area (Å²) in [5, 5.41) is 5.86. The molecule has 1 aliphatic carbocycles. The van der Waals surface area contributed by atoms with Gasteiger partial charge in [0.25, 0.3) is 0 Å². The molecule has 0 radical (unpaired) electrons. The fourth-order valence-electron chi connectivity index (χ4n) is 5.29. The number of amides is 1. The molecule has 0 unspecified atom stereocenters. The zero-order valence-electron chi connectivity index (χ0n) is 20.8. The Balaban J connectivity index is 1.40. The van der Waals surface area contributed by atoms with E-state index in [9.17, 15) is 9.59 Å². The summed E-state index contributed by atoms with van der Waals surface area (Å²) in [5.41, 5.74) is 15.8. The van der Waals surface area contributed by atoms with Gasteiger partial charge in [0.1, 0.15) is 23.4 Å². The van der Waals surface area contributed by atoms with Crippen molar-refractivity contribution >= 4 is 45.9 Å². The van der Waals surface area contributed by atoms with Crippen LogP contribution < -0.4 is 11.5 Å². The molecule has 4 N–H and O–H groups in total. The van der Waals surface area contributed by atoms with Crippen LogP contribution >= 0.6 is 11.6 Å². The largest absolute Gasteiger partial charge is 0.412 e. The lowest BCUT2D eigenvalue weighted by atomic mass is 9.81. The highest BCUT2D eigenvalue weighted by Crippen LogP contribution is 2.40. The number of pyridine rings is 1. The molecule has 6 rings (SSSR count). The van der Waals surface area contributed by atoms with Crippen LogP contribution in [0.15, 0.2) is 60.9 Å². The first kappa shape index (κ1) is 24.7. The SMILES string of the molecule is NC(=O)OC(=O)C1CCC(c2nc(-c3cc4nc(-c5ccccc5)ccc4cc3Cl)c3c(N)ncnn23)CC1. The summed E-state index contributed by atoms with van der Waals surface area (Å²) in [6.45, 7) is 0. The maximum Gasteiger partial charge on any atom is 0.412 e. The standard InChI is InChI=1S/C28H24ClN7O3/c29-20-12-18-10-11-21(15-4-2-1-3-5-15)34-22(18)13-19(20)23-24-25(30)32-14-33-36(24)26(35-23)16-6-8-17(9-7-16)27(37)39-28(31)38/h1-5,10-14,16-17H,6-9H2,(H2,31,38)(H2,30,32,33). The number of carbonyl (C=O) groups is 2. The van der Waals surface area contributed by atoms with Crippen molar-refractivity contribution in [2.24, 2.45) is 11.7 Å². The number of benzene rings is 2. The highest BCUT2D eigenvalue weighted by molar-refractivity contribution is 6.34. The van der Waals surface area contributed by atoms with Crippen molar-refractivity contribution in [1.82, 2.24) is 24.6 Å². The molecule has 5 aromatic rings. The van der Waals surface area contributed by atoms with Crippen LogP contribution in [-0.4, -0.2) is 36.6 Å². The minimum absolute atomic E-state index is 0.000202. The van der Waals surface area contributed by atoms with Gasteiger partial charge in [-0.15, -0.1) is 0 Å². The molecule has 1 fully saturated rings. The summed E-state index contributed by atoms with van der Waals surface area (Å²) in [4.78, 5) is 37.2. The molecular weight excluding hydrogens is 518 g/mol. The highest BCUT2D eigenvalue weighted by Gasteiger charge is 2.32. The number of rotatable bonds is 4. The van der Waals surface area contributed by atoms with E-state index < -0.39 is 12.1 Å². The molecule has 1 amide bonds. The summed E-state index contributed by atoms with van der Waals surface area (Å²) in [6.07, 6.45) is 2.66. The van der Waals surface area contributed by atoms with Crippen LogP contribution in [-0.2, 0) is 9.53 Å². The minimum Gasteiger partial charge on any atom is -0.382 e. The number of hydrogen-bond acceptors (Lipinski definition) is 8. The number of ether oxygens (including phenoxy) is 1. The summed E-state index contributed by atoms with van der Waals surface area (Å²) in [7, 11) is 0. The highest BCUT2D eigenvalue weighted by atomic mass is 35.5. The van der Waals surface area contributed by atoms with Crippen LogP contribution in [0.3, 0.4) is 0 Å². The van der Waals surface area contributed by atoms with Crippen molar-refractivity contribution in [3.63, 3.8) is 0 Å². The fourth-order valence-corrected chi connectivity index (χ4v) is 5.56. The fraction of sp³-hybridized carbons (Fsp3) is 0.214. The molecule has 3 heterocycles. The first-order valence-electron chi connectivity index (χ1n) is 12.6. The predicted molar refractivity (Wildman–Crippen MR) is 147 cm³/mol. The average Bonchev–Trinajstić information content (AvgIpc) is 3.33.